The van der Waals surface area contributed by atoms with Gasteiger partial charge in [0.15, 0.2) is 0 Å². The summed E-state index contributed by atoms with van der Waals surface area (Å²) >= 11 is 0. The third-order valence-corrected chi connectivity index (χ3v) is 3.42. The van der Waals surface area contributed by atoms with Crippen LogP contribution in [0.4, 0.5) is 30.6 Å². The van der Waals surface area contributed by atoms with Gasteiger partial charge < -0.3 is 10.6 Å². The molecule has 0 aliphatic heterocycles. The summed E-state index contributed by atoms with van der Waals surface area (Å²) in [7, 11) is 0. The van der Waals surface area contributed by atoms with Crippen LogP contribution in [0.1, 0.15) is 11.1 Å². The van der Waals surface area contributed by atoms with Gasteiger partial charge in [0.2, 0.25) is 5.95 Å². The number of hydrogen-bond donors (Lipinski definition) is 2. The maximum Gasteiger partial charge on any atom is 0.416 e. The first-order valence-electron chi connectivity index (χ1n) is 7.56. The lowest BCUT2D eigenvalue weighted by Gasteiger charge is -2.11. The number of alkyl halides is 3. The maximum absolute atomic E-state index is 12.8. The highest BCUT2D eigenvalue weighted by Gasteiger charge is 2.30. The van der Waals surface area contributed by atoms with Crippen LogP contribution in [-0.2, 0) is 12.7 Å². The van der Waals surface area contributed by atoms with Gasteiger partial charge in [-0.1, -0.05) is 36.4 Å². The zero-order chi connectivity index (χ0) is 17.7. The van der Waals surface area contributed by atoms with E-state index in [1.165, 1.54) is 18.3 Å². The van der Waals surface area contributed by atoms with Crippen molar-refractivity contribution in [2.24, 2.45) is 0 Å². The summed E-state index contributed by atoms with van der Waals surface area (Å²) in [6.07, 6.45) is -2.85. The molecule has 3 aromatic rings. The average Bonchev–Trinajstić information content (AvgIpc) is 2.61. The highest BCUT2D eigenvalue weighted by Crippen LogP contribution is 2.31. The van der Waals surface area contributed by atoms with Gasteiger partial charge in [-0.3, -0.25) is 0 Å². The van der Waals surface area contributed by atoms with Gasteiger partial charge >= 0.3 is 6.18 Å². The van der Waals surface area contributed by atoms with E-state index in [1.807, 2.05) is 30.3 Å². The summed E-state index contributed by atoms with van der Waals surface area (Å²) in [5.74, 6) is 0.797. The van der Waals surface area contributed by atoms with Crippen molar-refractivity contribution in [3.05, 3.63) is 78.0 Å². The lowest BCUT2D eigenvalue weighted by molar-refractivity contribution is -0.137. The summed E-state index contributed by atoms with van der Waals surface area (Å²) in [5, 5.41) is 5.94. The first-order valence-corrected chi connectivity index (χ1v) is 7.56. The Morgan fingerprint density at radius 3 is 2.48 bits per heavy atom. The minimum absolute atomic E-state index is 0.220. The number of rotatable bonds is 5. The third-order valence-electron chi connectivity index (χ3n) is 3.42. The fourth-order valence-corrected chi connectivity index (χ4v) is 2.21. The van der Waals surface area contributed by atoms with Gasteiger partial charge in [-0.05, 0) is 29.8 Å². The van der Waals surface area contributed by atoms with E-state index in [4.69, 9.17) is 0 Å². The normalized spacial score (nSPS) is 11.2. The molecule has 0 radical (unpaired) electrons. The second kappa shape index (κ2) is 7.21. The largest absolute Gasteiger partial charge is 0.416 e. The Balaban J connectivity index is 1.69. The van der Waals surface area contributed by atoms with Crippen LogP contribution in [0.3, 0.4) is 0 Å². The Morgan fingerprint density at radius 1 is 0.920 bits per heavy atom. The number of aromatic nitrogens is 2. The van der Waals surface area contributed by atoms with Gasteiger partial charge in [0.05, 0.1) is 5.56 Å². The van der Waals surface area contributed by atoms with Crippen LogP contribution < -0.4 is 10.6 Å². The molecule has 1 heterocycles. The second-order valence-electron chi connectivity index (χ2n) is 5.31. The van der Waals surface area contributed by atoms with Gasteiger partial charge in [0.1, 0.15) is 5.82 Å². The summed E-state index contributed by atoms with van der Waals surface area (Å²) in [5.41, 5.74) is 0.638. The smallest absolute Gasteiger partial charge is 0.366 e. The number of nitrogens with one attached hydrogen (secondary N) is 2. The van der Waals surface area contributed by atoms with Gasteiger partial charge in [0.25, 0.3) is 0 Å². The summed E-state index contributed by atoms with van der Waals surface area (Å²) < 4.78 is 38.3. The molecular formula is C18H15F3N4. The highest BCUT2D eigenvalue weighted by molar-refractivity contribution is 5.56. The Morgan fingerprint density at radius 2 is 1.72 bits per heavy atom. The Bertz CT molecular complexity index is 835. The number of anilines is 3. The fourth-order valence-electron chi connectivity index (χ4n) is 2.21. The molecule has 0 fully saturated rings. The first-order chi connectivity index (χ1) is 12.0. The van der Waals surface area contributed by atoms with Crippen molar-refractivity contribution in [1.29, 1.82) is 0 Å². The molecule has 25 heavy (non-hydrogen) atoms. The molecule has 128 valence electrons. The molecule has 0 unspecified atom stereocenters. The third kappa shape index (κ3) is 4.69. The maximum atomic E-state index is 12.8. The zero-order valence-electron chi connectivity index (χ0n) is 13.1. The van der Waals surface area contributed by atoms with Gasteiger partial charge in [0, 0.05) is 18.4 Å². The van der Waals surface area contributed by atoms with Crippen LogP contribution in [0.25, 0.3) is 0 Å². The minimum atomic E-state index is -4.39. The monoisotopic (exact) mass is 344 g/mol. The molecular weight excluding hydrogens is 329 g/mol. The van der Waals surface area contributed by atoms with Crippen molar-refractivity contribution in [1.82, 2.24) is 9.97 Å². The van der Waals surface area contributed by atoms with Crippen molar-refractivity contribution in [3.8, 4) is 0 Å². The van der Waals surface area contributed by atoms with E-state index in [1.54, 1.807) is 6.07 Å². The van der Waals surface area contributed by atoms with Crippen LogP contribution in [0.5, 0.6) is 0 Å². The second-order valence-corrected chi connectivity index (χ2v) is 5.31. The topological polar surface area (TPSA) is 49.8 Å². The van der Waals surface area contributed by atoms with Crippen LogP contribution in [0.15, 0.2) is 66.9 Å². The lowest BCUT2D eigenvalue weighted by atomic mass is 10.2. The fraction of sp³-hybridized carbons (Fsp3) is 0.111. The molecule has 2 N–H and O–H groups in total. The highest BCUT2D eigenvalue weighted by atomic mass is 19.4. The lowest BCUT2D eigenvalue weighted by Crippen LogP contribution is -2.06. The van der Waals surface area contributed by atoms with E-state index in [0.717, 1.165) is 17.7 Å². The van der Waals surface area contributed by atoms with E-state index in [0.29, 0.717) is 12.4 Å². The molecule has 3 rings (SSSR count). The molecule has 0 amide bonds. The number of nitrogens with zero attached hydrogens (tertiary/aromatic N) is 2. The molecule has 4 nitrogen and oxygen atoms in total. The average molecular weight is 344 g/mol. The van der Waals surface area contributed by atoms with Gasteiger partial charge in [-0.25, -0.2) is 4.98 Å². The van der Waals surface area contributed by atoms with E-state index < -0.39 is 11.7 Å². The van der Waals surface area contributed by atoms with E-state index in [2.05, 4.69) is 20.6 Å². The molecule has 0 atom stereocenters. The van der Waals surface area contributed by atoms with Crippen molar-refractivity contribution in [3.63, 3.8) is 0 Å². The standard InChI is InChI=1S/C18H15F3N4/c19-18(20,21)14-7-4-8-15(11-14)24-17-22-10-9-16(25-17)23-12-13-5-2-1-3-6-13/h1-11H,12H2,(H2,22,23,24,25). The quantitative estimate of drug-likeness (QED) is 0.695. The van der Waals surface area contributed by atoms with E-state index >= 15 is 0 Å². The molecule has 0 aliphatic carbocycles. The summed E-state index contributed by atoms with van der Waals surface area (Å²) in [6.45, 7) is 0.584. The molecule has 0 aliphatic rings. The van der Waals surface area contributed by atoms with E-state index in [9.17, 15) is 13.2 Å². The predicted octanol–water partition coefficient (Wildman–Crippen LogP) is 4.85. The number of hydrogen-bond acceptors (Lipinski definition) is 4. The van der Waals surface area contributed by atoms with Crippen molar-refractivity contribution in [2.75, 3.05) is 10.6 Å². The SMILES string of the molecule is FC(F)(F)c1cccc(Nc2nccc(NCc3ccccc3)n2)c1. The minimum Gasteiger partial charge on any atom is -0.366 e. The van der Waals surface area contributed by atoms with Crippen LogP contribution in [-0.4, -0.2) is 9.97 Å². The van der Waals surface area contributed by atoms with E-state index in [-0.39, 0.29) is 11.6 Å². The Hall–Kier alpha value is -3.09. The Kier molecular flexibility index (Phi) is 4.83. The molecule has 0 saturated heterocycles. The van der Waals surface area contributed by atoms with Crippen LogP contribution in [0, 0.1) is 0 Å². The first kappa shape index (κ1) is 16.8. The van der Waals surface area contributed by atoms with Crippen molar-refractivity contribution in [2.45, 2.75) is 12.7 Å². The number of benzene rings is 2. The van der Waals surface area contributed by atoms with Crippen LogP contribution >= 0.6 is 0 Å². The number of halogens is 3. The summed E-state index contributed by atoms with van der Waals surface area (Å²) in [4.78, 5) is 8.30. The zero-order valence-corrected chi connectivity index (χ0v) is 13.1. The summed E-state index contributed by atoms with van der Waals surface area (Å²) in [6, 6.07) is 16.4. The Labute approximate surface area is 142 Å². The van der Waals surface area contributed by atoms with Crippen LogP contribution in [0.2, 0.25) is 0 Å². The molecule has 2 aromatic carbocycles. The molecule has 0 bridgehead atoms. The van der Waals surface area contributed by atoms with Gasteiger partial charge in [-0.15, -0.1) is 0 Å². The molecule has 0 saturated carbocycles. The molecule has 7 heteroatoms. The van der Waals surface area contributed by atoms with Crippen molar-refractivity contribution >= 4 is 17.5 Å². The van der Waals surface area contributed by atoms with Crippen molar-refractivity contribution < 1.29 is 13.2 Å². The molecule has 0 spiro atoms. The molecule has 1 aromatic heterocycles. The predicted molar refractivity (Wildman–Crippen MR) is 90.5 cm³/mol. The van der Waals surface area contributed by atoms with Gasteiger partial charge in [-0.2, -0.15) is 18.2 Å².